The van der Waals surface area contributed by atoms with Crippen LogP contribution in [0.4, 0.5) is 0 Å². The van der Waals surface area contributed by atoms with Gasteiger partial charge in [-0.05, 0) is 25.1 Å². The number of furan rings is 1. The van der Waals surface area contributed by atoms with Crippen LogP contribution < -0.4 is 0 Å². The minimum Gasteiger partial charge on any atom is -0.463 e. The number of oxime groups is 1. The fourth-order valence-electron chi connectivity index (χ4n) is 1.51. The van der Waals surface area contributed by atoms with Crippen molar-refractivity contribution in [1.82, 2.24) is 9.78 Å². The highest BCUT2D eigenvalue weighted by molar-refractivity contribution is 6.31. The fourth-order valence-corrected chi connectivity index (χ4v) is 1.75. The molecule has 7 heteroatoms. The van der Waals surface area contributed by atoms with Crippen molar-refractivity contribution in [1.29, 1.82) is 0 Å². The lowest BCUT2D eigenvalue weighted by molar-refractivity contribution is -0.137. The van der Waals surface area contributed by atoms with E-state index in [0.29, 0.717) is 16.5 Å². The van der Waals surface area contributed by atoms with Gasteiger partial charge < -0.3 is 9.25 Å². The molecule has 0 bridgehead atoms. The summed E-state index contributed by atoms with van der Waals surface area (Å²) in [6.07, 6.45) is 5.56. The molecule has 0 atom stereocenters. The summed E-state index contributed by atoms with van der Waals surface area (Å²) < 4.78 is 6.52. The lowest BCUT2D eigenvalue weighted by Crippen LogP contribution is -1.94. The lowest BCUT2D eigenvalue weighted by atomic mass is 10.2. The van der Waals surface area contributed by atoms with Gasteiger partial charge in [0.05, 0.1) is 12.0 Å². The Bertz CT molecular complexity index is 657. The molecule has 0 radical (unpaired) electrons. The summed E-state index contributed by atoms with van der Waals surface area (Å²) in [7, 11) is 1.72. The minimum absolute atomic E-state index is 0.450. The van der Waals surface area contributed by atoms with Crippen LogP contribution in [-0.2, 0) is 16.7 Å². The molecule has 6 nitrogen and oxygen atoms in total. The van der Waals surface area contributed by atoms with Gasteiger partial charge in [0.2, 0.25) is 0 Å². The SMILES string of the molecule is Cc1nn(C)c(Cl)c1/C=C\C(=O)ON=Cc1ccco1. The van der Waals surface area contributed by atoms with Gasteiger partial charge in [0.15, 0.2) is 0 Å². The summed E-state index contributed by atoms with van der Waals surface area (Å²) in [5, 5.41) is 8.08. The van der Waals surface area contributed by atoms with E-state index in [1.54, 1.807) is 26.1 Å². The number of carbonyl (C=O) groups is 1. The smallest absolute Gasteiger partial charge is 0.358 e. The lowest BCUT2D eigenvalue weighted by Gasteiger charge is -1.92. The van der Waals surface area contributed by atoms with Gasteiger partial charge >= 0.3 is 5.97 Å². The molecule has 0 aromatic carbocycles. The van der Waals surface area contributed by atoms with Crippen LogP contribution in [0.5, 0.6) is 0 Å². The van der Waals surface area contributed by atoms with E-state index in [4.69, 9.17) is 16.0 Å². The third-order valence-corrected chi connectivity index (χ3v) is 2.90. The van der Waals surface area contributed by atoms with Crippen molar-refractivity contribution in [3.8, 4) is 0 Å². The van der Waals surface area contributed by atoms with Crippen LogP contribution in [0.25, 0.3) is 6.08 Å². The van der Waals surface area contributed by atoms with Gasteiger partial charge in [0, 0.05) is 18.7 Å². The predicted octanol–water partition coefficient (Wildman–Crippen LogP) is 2.57. The van der Waals surface area contributed by atoms with E-state index >= 15 is 0 Å². The van der Waals surface area contributed by atoms with E-state index < -0.39 is 5.97 Å². The maximum atomic E-state index is 11.5. The zero-order valence-corrected chi connectivity index (χ0v) is 11.7. The topological polar surface area (TPSA) is 69.6 Å². The van der Waals surface area contributed by atoms with Crippen molar-refractivity contribution in [3.05, 3.63) is 46.6 Å². The highest BCUT2D eigenvalue weighted by Crippen LogP contribution is 2.19. The minimum atomic E-state index is -0.618. The first-order chi connectivity index (χ1) is 9.58. The molecule has 2 heterocycles. The van der Waals surface area contributed by atoms with Gasteiger partial charge in [-0.2, -0.15) is 5.10 Å². The van der Waals surface area contributed by atoms with Crippen LogP contribution in [0.1, 0.15) is 17.0 Å². The maximum absolute atomic E-state index is 11.5. The molecule has 0 N–H and O–H groups in total. The first-order valence-electron chi connectivity index (χ1n) is 5.73. The summed E-state index contributed by atoms with van der Waals surface area (Å²) >= 11 is 6.02. The highest BCUT2D eigenvalue weighted by Gasteiger charge is 2.08. The Balaban J connectivity index is 1.96. The number of rotatable bonds is 4. The molecule has 0 unspecified atom stereocenters. The van der Waals surface area contributed by atoms with Crippen molar-refractivity contribution < 1.29 is 14.0 Å². The van der Waals surface area contributed by atoms with Crippen molar-refractivity contribution in [2.45, 2.75) is 6.92 Å². The van der Waals surface area contributed by atoms with E-state index in [2.05, 4.69) is 15.1 Å². The largest absolute Gasteiger partial charge is 0.463 e. The number of aryl methyl sites for hydroxylation is 2. The summed E-state index contributed by atoms with van der Waals surface area (Å²) in [5.41, 5.74) is 1.39. The number of nitrogens with zero attached hydrogens (tertiary/aromatic N) is 3. The van der Waals surface area contributed by atoms with Crippen LogP contribution in [0.15, 0.2) is 34.0 Å². The van der Waals surface area contributed by atoms with Crippen molar-refractivity contribution >= 4 is 29.9 Å². The zero-order valence-electron chi connectivity index (χ0n) is 10.9. The van der Waals surface area contributed by atoms with Crippen LogP contribution in [0.3, 0.4) is 0 Å². The Morgan fingerprint density at radius 3 is 3.00 bits per heavy atom. The molecule has 104 valence electrons. The zero-order chi connectivity index (χ0) is 14.5. The van der Waals surface area contributed by atoms with Gasteiger partial charge in [0.25, 0.3) is 0 Å². The van der Waals surface area contributed by atoms with E-state index in [-0.39, 0.29) is 0 Å². The number of carbonyl (C=O) groups excluding carboxylic acids is 1. The average molecular weight is 294 g/mol. The summed E-state index contributed by atoms with van der Waals surface area (Å²) in [6, 6.07) is 3.39. The summed E-state index contributed by atoms with van der Waals surface area (Å²) in [4.78, 5) is 16.1. The molecule has 0 saturated heterocycles. The van der Waals surface area contributed by atoms with Gasteiger partial charge in [-0.25, -0.2) is 4.79 Å². The normalized spacial score (nSPS) is 11.6. The quantitative estimate of drug-likeness (QED) is 0.376. The average Bonchev–Trinajstić information content (AvgIpc) is 2.98. The Kier molecular flexibility index (Phi) is 4.37. The van der Waals surface area contributed by atoms with E-state index in [9.17, 15) is 4.79 Å². The molecule has 20 heavy (non-hydrogen) atoms. The third kappa shape index (κ3) is 3.36. The molecule has 0 amide bonds. The van der Waals surface area contributed by atoms with Crippen molar-refractivity contribution in [3.63, 3.8) is 0 Å². The number of hydrogen-bond acceptors (Lipinski definition) is 5. The molecule has 0 fully saturated rings. The monoisotopic (exact) mass is 293 g/mol. The standard InChI is InChI=1S/C13H12ClN3O3/c1-9-11(13(14)17(2)16-9)5-6-12(18)20-15-8-10-4-3-7-19-10/h3-8H,1-2H3/b6-5-,15-8?. The second-order valence-electron chi connectivity index (χ2n) is 3.91. The molecule has 0 spiro atoms. The number of hydrogen-bond donors (Lipinski definition) is 0. The second kappa shape index (κ2) is 6.21. The third-order valence-electron chi connectivity index (χ3n) is 2.45. The van der Waals surface area contributed by atoms with E-state index in [1.807, 2.05) is 0 Å². The number of aromatic nitrogens is 2. The summed E-state index contributed by atoms with van der Waals surface area (Å²) in [6.45, 7) is 1.80. The molecule has 0 aliphatic heterocycles. The number of halogens is 1. The Labute approximate surface area is 120 Å². The van der Waals surface area contributed by atoms with Crippen LogP contribution in [0, 0.1) is 6.92 Å². The molecule has 0 aliphatic carbocycles. The molecule has 2 aromatic rings. The van der Waals surface area contributed by atoms with E-state index in [1.165, 1.54) is 29.3 Å². The Hall–Kier alpha value is -2.34. The Morgan fingerprint density at radius 2 is 2.40 bits per heavy atom. The molecule has 2 rings (SSSR count). The maximum Gasteiger partial charge on any atom is 0.358 e. The van der Waals surface area contributed by atoms with Crippen LogP contribution in [-0.4, -0.2) is 22.0 Å². The Morgan fingerprint density at radius 1 is 1.60 bits per heavy atom. The van der Waals surface area contributed by atoms with Crippen molar-refractivity contribution in [2.75, 3.05) is 0 Å². The molecule has 2 aromatic heterocycles. The molecular weight excluding hydrogens is 282 g/mol. The first-order valence-corrected chi connectivity index (χ1v) is 6.10. The first kappa shape index (κ1) is 14.1. The van der Waals surface area contributed by atoms with Gasteiger partial charge in [-0.1, -0.05) is 16.8 Å². The summed E-state index contributed by atoms with van der Waals surface area (Å²) in [5.74, 6) is -0.125. The highest BCUT2D eigenvalue weighted by atomic mass is 35.5. The van der Waals surface area contributed by atoms with Gasteiger partial charge in [-0.15, -0.1) is 0 Å². The molecule has 0 saturated carbocycles. The van der Waals surface area contributed by atoms with Crippen LogP contribution in [0.2, 0.25) is 5.15 Å². The second-order valence-corrected chi connectivity index (χ2v) is 4.27. The van der Waals surface area contributed by atoms with Gasteiger partial charge in [0.1, 0.15) is 17.1 Å². The van der Waals surface area contributed by atoms with Crippen LogP contribution >= 0.6 is 11.6 Å². The fraction of sp³-hybridized carbons (Fsp3) is 0.154. The predicted molar refractivity (Wildman–Crippen MR) is 74.4 cm³/mol. The molecular formula is C13H12ClN3O3. The molecule has 0 aliphatic rings. The van der Waals surface area contributed by atoms with Gasteiger partial charge in [-0.3, -0.25) is 4.68 Å². The van der Waals surface area contributed by atoms with E-state index in [0.717, 1.165) is 5.69 Å². The van der Waals surface area contributed by atoms with Crippen molar-refractivity contribution in [2.24, 2.45) is 12.2 Å².